The second kappa shape index (κ2) is 11.4. The van der Waals surface area contributed by atoms with E-state index in [0.717, 1.165) is 54.8 Å². The zero-order chi connectivity index (χ0) is 28.9. The smallest absolute Gasteiger partial charge is 0.338 e. The van der Waals surface area contributed by atoms with Crippen molar-refractivity contribution in [1.82, 2.24) is 5.16 Å². The molecule has 2 aromatic carbocycles. The molecular formula is C29H31Cl2N2O7P. The van der Waals surface area contributed by atoms with Gasteiger partial charge in [0, 0.05) is 41.2 Å². The van der Waals surface area contributed by atoms with Gasteiger partial charge in [-0.2, -0.15) is 0 Å². The number of hydrogen-bond donors (Lipinski definition) is 2. The number of piperidine rings is 1. The van der Waals surface area contributed by atoms with E-state index >= 15 is 0 Å². The minimum Gasteiger partial charge on any atom is -0.461 e. The highest BCUT2D eigenvalue weighted by molar-refractivity contribution is 7.51. The summed E-state index contributed by atoms with van der Waals surface area (Å²) in [5.41, 5.74) is 4.63. The third-order valence-electron chi connectivity index (χ3n) is 8.24. The monoisotopic (exact) mass is 620 g/mol. The third kappa shape index (κ3) is 6.07. The van der Waals surface area contributed by atoms with Crippen LogP contribution < -0.4 is 4.90 Å². The van der Waals surface area contributed by atoms with Crippen LogP contribution in [0.2, 0.25) is 10.0 Å². The van der Waals surface area contributed by atoms with Gasteiger partial charge in [0.1, 0.15) is 18.1 Å². The van der Waals surface area contributed by atoms with Gasteiger partial charge in [-0.15, -0.1) is 0 Å². The van der Waals surface area contributed by atoms with Crippen molar-refractivity contribution in [1.29, 1.82) is 0 Å². The lowest BCUT2D eigenvalue weighted by Crippen LogP contribution is -2.39. The molecule has 0 spiro atoms. The van der Waals surface area contributed by atoms with Crippen molar-refractivity contribution in [2.24, 2.45) is 5.92 Å². The minimum absolute atomic E-state index is 0.108. The lowest BCUT2D eigenvalue weighted by atomic mass is 10.0. The van der Waals surface area contributed by atoms with Crippen molar-refractivity contribution in [2.75, 3.05) is 24.2 Å². The fourth-order valence-electron chi connectivity index (χ4n) is 6.09. The summed E-state index contributed by atoms with van der Waals surface area (Å²) in [6.07, 6.45) is 3.68. The second-order valence-electron chi connectivity index (χ2n) is 11.2. The van der Waals surface area contributed by atoms with Gasteiger partial charge in [-0.3, -0.25) is 4.57 Å². The number of halogens is 2. The summed E-state index contributed by atoms with van der Waals surface area (Å²) < 4.78 is 28.4. The molecule has 6 rings (SSSR count). The molecule has 3 aliphatic rings. The largest absolute Gasteiger partial charge is 0.461 e. The number of nitrogens with zero attached hydrogens (tertiary/aromatic N) is 2. The first-order valence-corrected chi connectivity index (χ1v) is 16.3. The van der Waals surface area contributed by atoms with Gasteiger partial charge in [0.2, 0.25) is 0 Å². The predicted octanol–water partition coefficient (Wildman–Crippen LogP) is 6.35. The van der Waals surface area contributed by atoms with Gasteiger partial charge in [0.05, 0.1) is 34.5 Å². The normalized spacial score (nSPS) is 22.0. The number of anilines is 1. The average Bonchev–Trinajstić information content (AvgIpc) is 3.37. The fourth-order valence-corrected chi connectivity index (χ4v) is 7.00. The highest BCUT2D eigenvalue weighted by Crippen LogP contribution is 2.47. The molecule has 2 saturated carbocycles. The van der Waals surface area contributed by atoms with Gasteiger partial charge < -0.3 is 28.7 Å². The van der Waals surface area contributed by atoms with E-state index in [9.17, 15) is 9.36 Å². The maximum Gasteiger partial charge on any atom is 0.338 e. The van der Waals surface area contributed by atoms with Crippen molar-refractivity contribution in [2.45, 2.75) is 57.3 Å². The summed E-state index contributed by atoms with van der Waals surface area (Å²) in [4.78, 5) is 32.6. The number of rotatable bonds is 10. The average molecular weight is 621 g/mol. The molecule has 2 bridgehead atoms. The van der Waals surface area contributed by atoms with Crippen molar-refractivity contribution in [3.63, 3.8) is 0 Å². The Kier molecular flexibility index (Phi) is 7.96. The van der Waals surface area contributed by atoms with Crippen LogP contribution in [0.4, 0.5) is 5.69 Å². The Morgan fingerprint density at radius 2 is 1.93 bits per heavy atom. The SMILES string of the molecule is Cc1cc(C(=O)OCCP(=O)(O)O)ccc1N1C[C@@H]2C[C@H]1C[C@H]2OCc1c(-c2c(Cl)cccc2Cl)noc1C1CC1. The Morgan fingerprint density at radius 3 is 2.56 bits per heavy atom. The molecule has 218 valence electrons. The van der Waals surface area contributed by atoms with Crippen LogP contribution in [0.3, 0.4) is 0 Å². The number of aromatic nitrogens is 1. The number of benzene rings is 2. The summed E-state index contributed by atoms with van der Waals surface area (Å²) in [6, 6.07) is 11.1. The number of hydrogen-bond acceptors (Lipinski definition) is 7. The molecule has 2 heterocycles. The summed E-state index contributed by atoms with van der Waals surface area (Å²) in [5, 5.41) is 5.43. The van der Waals surface area contributed by atoms with Crippen LogP contribution in [0.1, 0.15) is 58.8 Å². The first kappa shape index (κ1) is 28.7. The fraction of sp³-hybridized carbons (Fsp3) is 0.448. The standard InChI is InChI=1S/C29H31Cl2N2O7P/c1-16-11-18(29(34)38-9-10-41(35,36)37)7-8-24(16)33-14-19-12-20(33)13-25(19)39-15-21-27(32-40-28(21)17-5-6-17)26-22(30)3-2-4-23(26)31/h2-4,7-8,11,17,19-20,25H,5-6,9-10,12-15H2,1H3,(H2,35,36,37)/t19-,20-,25+/m0/s1. The first-order chi connectivity index (χ1) is 19.6. The molecule has 3 aromatic rings. The molecule has 2 aliphatic carbocycles. The molecule has 2 N–H and O–H groups in total. The van der Waals surface area contributed by atoms with Gasteiger partial charge in [-0.05, 0) is 68.5 Å². The lowest BCUT2D eigenvalue weighted by molar-refractivity contribution is 0.0122. The zero-order valence-electron chi connectivity index (χ0n) is 22.5. The summed E-state index contributed by atoms with van der Waals surface area (Å²) >= 11 is 13.0. The molecule has 3 atom stereocenters. The van der Waals surface area contributed by atoms with E-state index < -0.39 is 19.7 Å². The highest BCUT2D eigenvalue weighted by atomic mass is 35.5. The van der Waals surface area contributed by atoms with E-state index in [2.05, 4.69) is 10.1 Å². The third-order valence-corrected chi connectivity index (χ3v) is 9.64. The minimum atomic E-state index is -4.21. The van der Waals surface area contributed by atoms with E-state index in [-0.39, 0.29) is 12.7 Å². The Labute approximate surface area is 247 Å². The summed E-state index contributed by atoms with van der Waals surface area (Å²) in [5.74, 6) is 1.01. The van der Waals surface area contributed by atoms with Gasteiger partial charge in [-0.1, -0.05) is 34.4 Å². The number of ether oxygens (including phenoxy) is 2. The molecule has 1 aromatic heterocycles. The van der Waals surface area contributed by atoms with Crippen LogP contribution in [-0.4, -0.2) is 52.4 Å². The number of esters is 1. The van der Waals surface area contributed by atoms with Crippen molar-refractivity contribution in [3.8, 4) is 11.3 Å². The van der Waals surface area contributed by atoms with Gasteiger partial charge in [-0.25, -0.2) is 4.79 Å². The van der Waals surface area contributed by atoms with Crippen LogP contribution in [0.25, 0.3) is 11.3 Å². The molecule has 12 heteroatoms. The molecule has 41 heavy (non-hydrogen) atoms. The molecule has 1 saturated heterocycles. The van der Waals surface area contributed by atoms with E-state index in [1.54, 1.807) is 24.3 Å². The van der Waals surface area contributed by atoms with E-state index in [1.165, 1.54) is 0 Å². The Bertz CT molecular complexity index is 1500. The maximum atomic E-state index is 12.3. The number of carbonyl (C=O) groups is 1. The Balaban J connectivity index is 1.10. The van der Waals surface area contributed by atoms with E-state index in [1.807, 2.05) is 19.1 Å². The molecule has 1 aliphatic heterocycles. The van der Waals surface area contributed by atoms with Crippen LogP contribution >= 0.6 is 30.8 Å². The molecule has 9 nitrogen and oxygen atoms in total. The summed E-state index contributed by atoms with van der Waals surface area (Å²) in [6.45, 7) is 2.86. The van der Waals surface area contributed by atoms with Crippen LogP contribution in [0.15, 0.2) is 40.9 Å². The Hall–Kier alpha value is -2.39. The molecular weight excluding hydrogens is 590 g/mol. The molecule has 0 unspecified atom stereocenters. The zero-order valence-corrected chi connectivity index (χ0v) is 24.9. The van der Waals surface area contributed by atoms with Crippen LogP contribution in [-0.2, 0) is 20.6 Å². The number of fused-ring (bicyclic) bond motifs is 2. The first-order valence-electron chi connectivity index (χ1n) is 13.7. The maximum absolute atomic E-state index is 12.3. The number of aryl methyl sites for hydroxylation is 1. The van der Waals surface area contributed by atoms with Crippen LogP contribution in [0.5, 0.6) is 0 Å². The van der Waals surface area contributed by atoms with Crippen LogP contribution in [0, 0.1) is 12.8 Å². The van der Waals surface area contributed by atoms with Crippen molar-refractivity contribution < 1.29 is 33.1 Å². The summed E-state index contributed by atoms with van der Waals surface area (Å²) in [7, 11) is -4.21. The van der Waals surface area contributed by atoms with Gasteiger partial charge >= 0.3 is 13.6 Å². The Morgan fingerprint density at radius 1 is 1.17 bits per heavy atom. The van der Waals surface area contributed by atoms with Crippen molar-refractivity contribution in [3.05, 3.63) is 68.9 Å². The van der Waals surface area contributed by atoms with E-state index in [4.69, 9.17) is 47.0 Å². The number of carbonyl (C=O) groups excluding carboxylic acids is 1. The van der Waals surface area contributed by atoms with Gasteiger partial charge in [0.25, 0.3) is 0 Å². The second-order valence-corrected chi connectivity index (χ2v) is 13.7. The highest BCUT2D eigenvalue weighted by Gasteiger charge is 2.46. The molecule has 0 radical (unpaired) electrons. The van der Waals surface area contributed by atoms with Gasteiger partial charge in [0.15, 0.2) is 0 Å². The quantitative estimate of drug-likeness (QED) is 0.197. The molecule has 3 fully saturated rings. The predicted molar refractivity (Wildman–Crippen MR) is 155 cm³/mol. The van der Waals surface area contributed by atoms with E-state index in [0.29, 0.717) is 51.4 Å². The van der Waals surface area contributed by atoms with Crippen molar-refractivity contribution >= 4 is 42.5 Å². The topological polar surface area (TPSA) is 122 Å². The molecule has 0 amide bonds. The lowest BCUT2D eigenvalue weighted by Gasteiger charge is -2.34.